The largest absolute Gasteiger partial charge is 0.0617 e. The monoisotopic (exact) mass is 290 g/mol. The number of hydrogen-bond donors (Lipinski definition) is 0. The minimum absolute atomic E-state index is 1.29. The van der Waals surface area contributed by atoms with Crippen molar-refractivity contribution in [2.45, 2.75) is 41.5 Å². The van der Waals surface area contributed by atoms with Crippen molar-refractivity contribution in [2.75, 3.05) is 0 Å². The van der Waals surface area contributed by atoms with Crippen LogP contribution in [-0.2, 0) is 0 Å². The SMILES string of the molecule is CC(=Cc1c(C)cccc1C)C=C(C)c1ccc(C)cc1C. The predicted molar refractivity (Wildman–Crippen MR) is 99.1 cm³/mol. The zero-order valence-corrected chi connectivity index (χ0v) is 14.6. The van der Waals surface area contributed by atoms with Crippen LogP contribution in [0.5, 0.6) is 0 Å². The molecule has 0 radical (unpaired) electrons. The number of rotatable bonds is 3. The second-order valence-electron chi connectivity index (χ2n) is 6.34. The summed E-state index contributed by atoms with van der Waals surface area (Å²) in [6.45, 7) is 13.0. The first-order valence-corrected chi connectivity index (χ1v) is 7.89. The lowest BCUT2D eigenvalue weighted by Crippen LogP contribution is -1.89. The summed E-state index contributed by atoms with van der Waals surface area (Å²) in [7, 11) is 0. The Morgan fingerprint density at radius 2 is 1.45 bits per heavy atom. The maximum atomic E-state index is 2.29. The van der Waals surface area contributed by atoms with Crippen LogP contribution in [0, 0.1) is 27.7 Å². The van der Waals surface area contributed by atoms with E-state index in [2.05, 4.69) is 90.1 Å². The molecule has 0 aliphatic heterocycles. The maximum Gasteiger partial charge on any atom is -0.0195 e. The van der Waals surface area contributed by atoms with Crippen LogP contribution in [0.1, 0.15) is 47.2 Å². The standard InChI is InChI=1S/C22H26/c1-15-10-11-21(19(5)12-15)20(6)13-16(2)14-22-17(3)8-7-9-18(22)4/h7-14H,1-6H3. The Balaban J connectivity index is 2.37. The molecule has 2 aromatic rings. The molecule has 0 heteroatoms. The number of aryl methyl sites for hydroxylation is 4. The van der Waals surface area contributed by atoms with Gasteiger partial charge in [0.05, 0.1) is 0 Å². The third-order valence-electron chi connectivity index (χ3n) is 4.17. The normalized spacial score (nSPS) is 12.6. The lowest BCUT2D eigenvalue weighted by Gasteiger charge is -2.09. The third-order valence-corrected chi connectivity index (χ3v) is 4.17. The molecule has 0 saturated carbocycles. The summed E-state index contributed by atoms with van der Waals surface area (Å²) in [5.41, 5.74) is 10.6. The summed E-state index contributed by atoms with van der Waals surface area (Å²) in [4.78, 5) is 0. The van der Waals surface area contributed by atoms with Crippen molar-refractivity contribution >= 4 is 11.6 Å². The van der Waals surface area contributed by atoms with Crippen molar-refractivity contribution in [3.63, 3.8) is 0 Å². The van der Waals surface area contributed by atoms with Crippen molar-refractivity contribution in [2.24, 2.45) is 0 Å². The molecule has 0 aliphatic carbocycles. The minimum Gasteiger partial charge on any atom is -0.0617 e. The van der Waals surface area contributed by atoms with Gasteiger partial charge >= 0.3 is 0 Å². The van der Waals surface area contributed by atoms with Crippen LogP contribution in [0.25, 0.3) is 11.6 Å². The van der Waals surface area contributed by atoms with Gasteiger partial charge in [0.1, 0.15) is 0 Å². The Labute approximate surface area is 135 Å². The van der Waals surface area contributed by atoms with Crippen molar-refractivity contribution in [3.05, 3.63) is 81.4 Å². The molecule has 0 unspecified atom stereocenters. The predicted octanol–water partition coefficient (Wildman–Crippen LogP) is 6.43. The Morgan fingerprint density at radius 1 is 0.818 bits per heavy atom. The molecular weight excluding hydrogens is 264 g/mol. The molecule has 0 bridgehead atoms. The van der Waals surface area contributed by atoms with Crippen molar-refractivity contribution in [1.29, 1.82) is 0 Å². The molecule has 2 rings (SSSR count). The summed E-state index contributed by atoms with van der Waals surface area (Å²) in [5.74, 6) is 0. The van der Waals surface area contributed by atoms with Gasteiger partial charge in [-0.15, -0.1) is 0 Å². The molecule has 0 aromatic heterocycles. The van der Waals surface area contributed by atoms with Gasteiger partial charge in [-0.2, -0.15) is 0 Å². The van der Waals surface area contributed by atoms with Crippen LogP contribution >= 0.6 is 0 Å². The van der Waals surface area contributed by atoms with Crippen molar-refractivity contribution < 1.29 is 0 Å². The smallest absolute Gasteiger partial charge is 0.0195 e. The molecule has 0 amide bonds. The Kier molecular flexibility index (Phi) is 5.03. The van der Waals surface area contributed by atoms with E-state index in [1.807, 2.05) is 0 Å². The van der Waals surface area contributed by atoms with E-state index in [0.717, 1.165) is 0 Å². The highest BCUT2D eigenvalue weighted by Gasteiger charge is 2.02. The van der Waals surface area contributed by atoms with E-state index in [1.54, 1.807) is 0 Å². The van der Waals surface area contributed by atoms with E-state index < -0.39 is 0 Å². The summed E-state index contributed by atoms with van der Waals surface area (Å²) >= 11 is 0. The highest BCUT2D eigenvalue weighted by atomic mass is 14.1. The average Bonchev–Trinajstić information content (AvgIpc) is 2.42. The molecule has 0 spiro atoms. The zero-order valence-electron chi connectivity index (χ0n) is 14.6. The second-order valence-corrected chi connectivity index (χ2v) is 6.34. The van der Waals surface area contributed by atoms with Gasteiger partial charge in [-0.3, -0.25) is 0 Å². The van der Waals surface area contributed by atoms with Crippen molar-refractivity contribution in [3.8, 4) is 0 Å². The van der Waals surface area contributed by atoms with Crippen LogP contribution in [0.15, 0.2) is 48.0 Å². The van der Waals surface area contributed by atoms with Gasteiger partial charge in [-0.25, -0.2) is 0 Å². The summed E-state index contributed by atoms with van der Waals surface area (Å²) in [5, 5.41) is 0. The second kappa shape index (κ2) is 6.79. The number of allylic oxidation sites excluding steroid dienone is 3. The van der Waals surface area contributed by atoms with Crippen LogP contribution in [0.3, 0.4) is 0 Å². The quantitative estimate of drug-likeness (QED) is 0.572. The first kappa shape index (κ1) is 16.3. The molecule has 0 N–H and O–H groups in total. The van der Waals surface area contributed by atoms with Gasteiger partial charge in [0.25, 0.3) is 0 Å². The van der Waals surface area contributed by atoms with Crippen molar-refractivity contribution in [1.82, 2.24) is 0 Å². The fourth-order valence-electron chi connectivity index (χ4n) is 3.00. The van der Waals surface area contributed by atoms with Gasteiger partial charge in [-0.1, -0.05) is 59.7 Å². The molecule has 0 saturated heterocycles. The molecule has 0 fully saturated rings. The lowest BCUT2D eigenvalue weighted by atomic mass is 9.96. The first-order valence-electron chi connectivity index (χ1n) is 7.89. The van der Waals surface area contributed by atoms with Gasteiger partial charge < -0.3 is 0 Å². The van der Waals surface area contributed by atoms with E-state index in [9.17, 15) is 0 Å². The van der Waals surface area contributed by atoms with E-state index in [0.29, 0.717) is 0 Å². The van der Waals surface area contributed by atoms with E-state index in [-0.39, 0.29) is 0 Å². The van der Waals surface area contributed by atoms with E-state index >= 15 is 0 Å². The van der Waals surface area contributed by atoms with Gasteiger partial charge in [0.15, 0.2) is 0 Å². The maximum absolute atomic E-state index is 2.29. The topological polar surface area (TPSA) is 0 Å². The fraction of sp³-hybridized carbons (Fsp3) is 0.273. The van der Waals surface area contributed by atoms with E-state index in [4.69, 9.17) is 0 Å². The average molecular weight is 290 g/mol. The first-order chi connectivity index (χ1) is 10.4. The van der Waals surface area contributed by atoms with Crippen LogP contribution in [0.4, 0.5) is 0 Å². The molecule has 2 aromatic carbocycles. The Morgan fingerprint density at radius 3 is 2.05 bits per heavy atom. The van der Waals surface area contributed by atoms with E-state index in [1.165, 1.54) is 44.5 Å². The number of hydrogen-bond acceptors (Lipinski definition) is 0. The summed E-state index contributed by atoms with van der Waals surface area (Å²) in [6.07, 6.45) is 4.57. The molecule has 0 nitrogen and oxygen atoms in total. The Bertz CT molecular complexity index is 722. The van der Waals surface area contributed by atoms with Crippen LogP contribution < -0.4 is 0 Å². The number of benzene rings is 2. The molecule has 0 atom stereocenters. The lowest BCUT2D eigenvalue weighted by molar-refractivity contribution is 1.34. The fourth-order valence-corrected chi connectivity index (χ4v) is 3.00. The molecule has 114 valence electrons. The molecular formula is C22H26. The third kappa shape index (κ3) is 3.76. The van der Waals surface area contributed by atoms with Crippen LogP contribution in [0.2, 0.25) is 0 Å². The molecule has 0 aliphatic rings. The highest BCUT2D eigenvalue weighted by Crippen LogP contribution is 2.23. The summed E-state index contributed by atoms with van der Waals surface area (Å²) < 4.78 is 0. The highest BCUT2D eigenvalue weighted by molar-refractivity contribution is 5.72. The molecule has 22 heavy (non-hydrogen) atoms. The molecule has 0 heterocycles. The van der Waals surface area contributed by atoms with Gasteiger partial charge in [0.2, 0.25) is 0 Å². The van der Waals surface area contributed by atoms with Gasteiger partial charge in [0, 0.05) is 0 Å². The van der Waals surface area contributed by atoms with Gasteiger partial charge in [-0.05, 0) is 74.9 Å². The Hall–Kier alpha value is -2.08. The van der Waals surface area contributed by atoms with Crippen LogP contribution in [-0.4, -0.2) is 0 Å². The summed E-state index contributed by atoms with van der Waals surface area (Å²) in [6, 6.07) is 13.1. The zero-order chi connectivity index (χ0) is 16.3. The minimum atomic E-state index is 1.29.